The monoisotopic (exact) mass is 227 g/mol. The first-order chi connectivity index (χ1) is 7.34. The second kappa shape index (κ2) is 5.28. The van der Waals surface area contributed by atoms with Crippen LogP contribution in [0.25, 0.3) is 0 Å². The van der Waals surface area contributed by atoms with Gasteiger partial charge in [0.1, 0.15) is 11.5 Å². The lowest BCUT2D eigenvalue weighted by Crippen LogP contribution is -2.33. The molecule has 0 spiro atoms. The van der Waals surface area contributed by atoms with Gasteiger partial charge in [-0.15, -0.1) is 0 Å². The number of hydrogen-bond donors (Lipinski definition) is 1. The smallest absolute Gasteiger partial charge is 0.217 e. The third-order valence-corrected chi connectivity index (χ3v) is 2.68. The quantitative estimate of drug-likeness (QED) is 0.796. The highest BCUT2D eigenvalue weighted by Gasteiger charge is 2.13. The molecule has 1 aromatic rings. The van der Waals surface area contributed by atoms with Crippen LogP contribution in [0.3, 0.4) is 0 Å². The van der Waals surface area contributed by atoms with Crippen molar-refractivity contribution in [1.82, 2.24) is 15.3 Å². The molecule has 5 heteroatoms. The summed E-state index contributed by atoms with van der Waals surface area (Å²) in [4.78, 5) is 7.78. The molecule has 1 aliphatic heterocycles. The van der Waals surface area contributed by atoms with Crippen LogP contribution in [-0.2, 0) is 0 Å². The van der Waals surface area contributed by atoms with Crippen LogP contribution in [-0.4, -0.2) is 29.7 Å². The van der Waals surface area contributed by atoms with E-state index in [0.29, 0.717) is 23.6 Å². The molecule has 1 fully saturated rings. The lowest BCUT2D eigenvalue weighted by atomic mass is 10.0. The summed E-state index contributed by atoms with van der Waals surface area (Å²) < 4.78 is 5.55. The van der Waals surface area contributed by atoms with Gasteiger partial charge in [0, 0.05) is 18.5 Å². The number of hydrogen-bond acceptors (Lipinski definition) is 4. The fourth-order valence-electron chi connectivity index (χ4n) is 1.67. The van der Waals surface area contributed by atoms with Gasteiger partial charge in [-0.05, 0) is 19.4 Å². The maximum Gasteiger partial charge on any atom is 0.217 e. The van der Waals surface area contributed by atoms with Gasteiger partial charge >= 0.3 is 0 Å². The summed E-state index contributed by atoms with van der Waals surface area (Å²) in [6, 6.07) is 1.64. The molecule has 0 radical (unpaired) electrons. The molecule has 1 N–H and O–H groups in total. The molecule has 0 aromatic carbocycles. The average molecular weight is 228 g/mol. The van der Waals surface area contributed by atoms with Crippen LogP contribution in [0.15, 0.2) is 12.4 Å². The number of halogens is 1. The molecule has 1 atom stereocenters. The van der Waals surface area contributed by atoms with Crippen LogP contribution >= 0.6 is 11.6 Å². The molecule has 0 aliphatic carbocycles. The van der Waals surface area contributed by atoms with Crippen molar-refractivity contribution in [3.05, 3.63) is 17.5 Å². The Morgan fingerprint density at radius 2 is 2.47 bits per heavy atom. The molecular formula is C10H14ClN3O. The van der Waals surface area contributed by atoms with Gasteiger partial charge in [0.2, 0.25) is 5.88 Å². The molecule has 0 saturated carbocycles. The van der Waals surface area contributed by atoms with Gasteiger partial charge in [0.25, 0.3) is 0 Å². The second-order valence-corrected chi connectivity index (χ2v) is 4.09. The van der Waals surface area contributed by atoms with Gasteiger partial charge in [0.05, 0.1) is 6.61 Å². The Kier molecular flexibility index (Phi) is 3.75. The van der Waals surface area contributed by atoms with Gasteiger partial charge in [0.15, 0.2) is 0 Å². The Labute approximate surface area is 94.0 Å². The zero-order chi connectivity index (χ0) is 10.5. The molecule has 0 unspecified atom stereocenters. The van der Waals surface area contributed by atoms with E-state index < -0.39 is 0 Å². The highest BCUT2D eigenvalue weighted by molar-refractivity contribution is 6.29. The van der Waals surface area contributed by atoms with Gasteiger partial charge in [-0.3, -0.25) is 0 Å². The summed E-state index contributed by atoms with van der Waals surface area (Å²) in [5.74, 6) is 1.13. The van der Waals surface area contributed by atoms with E-state index in [-0.39, 0.29) is 0 Å². The Balaban J connectivity index is 1.81. The minimum Gasteiger partial charge on any atom is -0.477 e. The Hall–Kier alpha value is -0.870. The van der Waals surface area contributed by atoms with E-state index in [4.69, 9.17) is 16.3 Å². The largest absolute Gasteiger partial charge is 0.477 e. The lowest BCUT2D eigenvalue weighted by Gasteiger charge is -2.22. The molecule has 2 heterocycles. The zero-order valence-electron chi connectivity index (χ0n) is 8.45. The summed E-state index contributed by atoms with van der Waals surface area (Å²) in [6.45, 7) is 2.84. The van der Waals surface area contributed by atoms with Crippen molar-refractivity contribution in [2.75, 3.05) is 19.7 Å². The molecule has 15 heavy (non-hydrogen) atoms. The van der Waals surface area contributed by atoms with Crippen LogP contribution in [0.4, 0.5) is 0 Å². The van der Waals surface area contributed by atoms with Crippen molar-refractivity contribution in [1.29, 1.82) is 0 Å². The van der Waals surface area contributed by atoms with Crippen LogP contribution in [0.5, 0.6) is 5.88 Å². The fourth-order valence-corrected chi connectivity index (χ4v) is 1.80. The number of ether oxygens (including phenoxy) is 1. The van der Waals surface area contributed by atoms with E-state index in [9.17, 15) is 0 Å². The maximum atomic E-state index is 5.72. The van der Waals surface area contributed by atoms with E-state index >= 15 is 0 Å². The third kappa shape index (κ3) is 3.32. The van der Waals surface area contributed by atoms with Crippen LogP contribution in [0.2, 0.25) is 5.15 Å². The Bertz CT molecular complexity index is 315. The molecule has 1 aromatic heterocycles. The SMILES string of the molecule is Clc1cc(OC[C@@H]2CCCNC2)ncn1. The summed E-state index contributed by atoms with van der Waals surface area (Å²) >= 11 is 5.72. The van der Waals surface area contributed by atoms with Gasteiger partial charge in [-0.1, -0.05) is 11.6 Å². The molecule has 1 aliphatic rings. The number of nitrogens with zero attached hydrogens (tertiary/aromatic N) is 2. The predicted molar refractivity (Wildman–Crippen MR) is 58.1 cm³/mol. The van der Waals surface area contributed by atoms with Crippen molar-refractivity contribution in [3.8, 4) is 5.88 Å². The summed E-state index contributed by atoms with van der Waals surface area (Å²) in [5, 5.41) is 3.76. The summed E-state index contributed by atoms with van der Waals surface area (Å²) in [6.07, 6.45) is 3.85. The molecular weight excluding hydrogens is 214 g/mol. The highest BCUT2D eigenvalue weighted by atomic mass is 35.5. The normalized spacial score (nSPS) is 21.3. The van der Waals surface area contributed by atoms with Gasteiger partial charge in [-0.25, -0.2) is 9.97 Å². The third-order valence-electron chi connectivity index (χ3n) is 2.47. The van der Waals surface area contributed by atoms with Crippen molar-refractivity contribution in [2.24, 2.45) is 5.92 Å². The lowest BCUT2D eigenvalue weighted by molar-refractivity contribution is 0.212. The van der Waals surface area contributed by atoms with Crippen molar-refractivity contribution < 1.29 is 4.74 Å². The van der Waals surface area contributed by atoms with Crippen LogP contribution in [0.1, 0.15) is 12.8 Å². The second-order valence-electron chi connectivity index (χ2n) is 3.70. The van der Waals surface area contributed by atoms with Crippen molar-refractivity contribution >= 4 is 11.6 Å². The number of piperidine rings is 1. The molecule has 2 rings (SSSR count). The summed E-state index contributed by atoms with van der Waals surface area (Å²) in [7, 11) is 0. The standard InChI is InChI=1S/C10H14ClN3O/c11-9-4-10(14-7-13-9)15-6-8-2-1-3-12-5-8/h4,7-8,12H,1-3,5-6H2/t8-/m1/s1. The minimum absolute atomic E-state index is 0.418. The average Bonchev–Trinajstić information content (AvgIpc) is 2.28. The van der Waals surface area contributed by atoms with Crippen molar-refractivity contribution in [3.63, 3.8) is 0 Å². The van der Waals surface area contributed by atoms with E-state index in [1.165, 1.54) is 19.2 Å². The first kappa shape index (κ1) is 10.6. The Morgan fingerprint density at radius 3 is 3.20 bits per heavy atom. The van der Waals surface area contributed by atoms with E-state index in [0.717, 1.165) is 13.1 Å². The number of nitrogens with one attached hydrogen (secondary N) is 1. The highest BCUT2D eigenvalue weighted by Crippen LogP contribution is 2.14. The van der Waals surface area contributed by atoms with Crippen molar-refractivity contribution in [2.45, 2.75) is 12.8 Å². The molecule has 1 saturated heterocycles. The molecule has 0 amide bonds. The van der Waals surface area contributed by atoms with Gasteiger partial charge in [-0.2, -0.15) is 0 Å². The Morgan fingerprint density at radius 1 is 1.53 bits per heavy atom. The van der Waals surface area contributed by atoms with Gasteiger partial charge < -0.3 is 10.1 Å². The van der Waals surface area contributed by atoms with E-state index in [2.05, 4.69) is 15.3 Å². The minimum atomic E-state index is 0.418. The molecule has 0 bridgehead atoms. The first-order valence-corrected chi connectivity index (χ1v) is 5.53. The maximum absolute atomic E-state index is 5.72. The first-order valence-electron chi connectivity index (χ1n) is 5.15. The molecule has 82 valence electrons. The predicted octanol–water partition coefficient (Wildman–Crippen LogP) is 1.51. The number of aromatic nitrogens is 2. The zero-order valence-corrected chi connectivity index (χ0v) is 9.20. The van der Waals surface area contributed by atoms with Crippen LogP contribution in [0, 0.1) is 5.92 Å². The van der Waals surface area contributed by atoms with E-state index in [1.807, 2.05) is 0 Å². The van der Waals surface area contributed by atoms with E-state index in [1.54, 1.807) is 6.07 Å². The summed E-state index contributed by atoms with van der Waals surface area (Å²) in [5.41, 5.74) is 0. The molecule has 4 nitrogen and oxygen atoms in total. The fraction of sp³-hybridized carbons (Fsp3) is 0.600. The topological polar surface area (TPSA) is 47.0 Å². The number of rotatable bonds is 3. The van der Waals surface area contributed by atoms with Crippen LogP contribution < -0.4 is 10.1 Å².